The van der Waals surface area contributed by atoms with Gasteiger partial charge in [0.15, 0.2) is 5.65 Å². The number of carbonyl (C=O) groups excluding carboxylic acids is 1. The maximum Gasteiger partial charge on any atom is 0.254 e. The van der Waals surface area contributed by atoms with E-state index in [1.54, 1.807) is 22.4 Å². The van der Waals surface area contributed by atoms with E-state index < -0.39 is 10.0 Å². The van der Waals surface area contributed by atoms with Crippen LogP contribution in [0.15, 0.2) is 35.4 Å². The first-order valence-corrected chi connectivity index (χ1v) is 13.5. The molecule has 2 aromatic heterocycles. The van der Waals surface area contributed by atoms with Crippen molar-refractivity contribution < 1.29 is 13.2 Å². The number of benzene rings is 1. The molecule has 4 N–H and O–H groups in total. The highest BCUT2D eigenvalue weighted by Gasteiger charge is 2.32. The number of nitrogens with zero attached hydrogens (tertiary/aromatic N) is 5. The van der Waals surface area contributed by atoms with Crippen LogP contribution in [-0.4, -0.2) is 59.5 Å². The van der Waals surface area contributed by atoms with Gasteiger partial charge in [-0.2, -0.15) is 5.10 Å². The second kappa shape index (κ2) is 8.89. The van der Waals surface area contributed by atoms with Gasteiger partial charge in [-0.15, -0.1) is 0 Å². The van der Waals surface area contributed by atoms with E-state index in [9.17, 15) is 13.2 Å². The van der Waals surface area contributed by atoms with E-state index in [1.807, 2.05) is 19.2 Å². The maximum absolute atomic E-state index is 13.6. The van der Waals surface area contributed by atoms with Crippen LogP contribution in [0.1, 0.15) is 58.9 Å². The summed E-state index contributed by atoms with van der Waals surface area (Å²) in [4.78, 5) is 22.5. The maximum atomic E-state index is 13.6. The first kappa shape index (κ1) is 23.7. The van der Waals surface area contributed by atoms with Gasteiger partial charge < -0.3 is 15.5 Å². The van der Waals surface area contributed by atoms with Gasteiger partial charge in [-0.1, -0.05) is 6.07 Å². The van der Waals surface area contributed by atoms with E-state index in [0.29, 0.717) is 17.7 Å². The molecule has 1 aromatic carbocycles. The summed E-state index contributed by atoms with van der Waals surface area (Å²) in [6, 6.07) is 6.31. The molecule has 1 amide bonds. The van der Waals surface area contributed by atoms with Gasteiger partial charge in [0.1, 0.15) is 5.82 Å². The van der Waals surface area contributed by atoms with Crippen LogP contribution in [0.2, 0.25) is 0 Å². The van der Waals surface area contributed by atoms with Crippen LogP contribution in [0, 0.1) is 13.8 Å². The summed E-state index contributed by atoms with van der Waals surface area (Å²) in [5.41, 5.74) is 9.67. The number of piperidine rings is 1. The van der Waals surface area contributed by atoms with Gasteiger partial charge in [0, 0.05) is 49.1 Å². The number of hydrogen-bond donors (Lipinski definition) is 2. The summed E-state index contributed by atoms with van der Waals surface area (Å²) in [6.45, 7) is 6.05. The summed E-state index contributed by atoms with van der Waals surface area (Å²) in [6.07, 6.45) is 5.54. The van der Waals surface area contributed by atoms with E-state index in [1.165, 1.54) is 12.1 Å². The summed E-state index contributed by atoms with van der Waals surface area (Å²) >= 11 is 0. The summed E-state index contributed by atoms with van der Waals surface area (Å²) in [5.74, 6) is 0.703. The van der Waals surface area contributed by atoms with Crippen LogP contribution < -0.4 is 15.8 Å². The number of primary sulfonamides is 1. The molecule has 2 aliphatic heterocycles. The van der Waals surface area contributed by atoms with E-state index in [4.69, 9.17) is 21.0 Å². The summed E-state index contributed by atoms with van der Waals surface area (Å²) in [5, 5.41) is 10.1. The van der Waals surface area contributed by atoms with E-state index >= 15 is 0 Å². The fourth-order valence-electron chi connectivity index (χ4n) is 5.13. The number of rotatable bonds is 4. The lowest BCUT2D eigenvalue weighted by Gasteiger charge is -2.35. The molecule has 2 saturated heterocycles. The smallest absolute Gasteiger partial charge is 0.254 e. The Bertz CT molecular complexity index is 1400. The van der Waals surface area contributed by atoms with Crippen molar-refractivity contribution in [2.45, 2.75) is 56.5 Å². The molecule has 2 atom stereocenters. The molecule has 11 heteroatoms. The zero-order valence-corrected chi connectivity index (χ0v) is 20.8. The number of nitrogens with two attached hydrogens (primary N) is 2. The van der Waals surface area contributed by atoms with Crippen LogP contribution >= 0.6 is 0 Å². The van der Waals surface area contributed by atoms with Crippen LogP contribution in [0.4, 0.5) is 5.82 Å². The standard InChI is InChI=1S/C24H31N7O3S/c1-15-6-7-18(35(26,33)34)11-19(15)24(32)30-9-4-3-5-21(30)20-12-22-27-23(16(2)13-31(22)28-20)29-10-8-17(25)14-29/h6-7,11-13,17,21H,3-5,8-10,14,25H2,1-2H3,(H2,26,33,34)/t17-,21-/m0/s1. The third-order valence-corrected chi connectivity index (χ3v) is 7.93. The van der Waals surface area contributed by atoms with Crippen LogP contribution in [0.5, 0.6) is 0 Å². The minimum absolute atomic E-state index is 0.0680. The van der Waals surface area contributed by atoms with Gasteiger partial charge in [0.05, 0.1) is 16.6 Å². The van der Waals surface area contributed by atoms with Crippen molar-refractivity contribution in [3.8, 4) is 0 Å². The molecule has 0 saturated carbocycles. The molecule has 0 aliphatic carbocycles. The molecule has 35 heavy (non-hydrogen) atoms. The first-order chi connectivity index (χ1) is 16.6. The molecule has 10 nitrogen and oxygen atoms in total. The predicted molar refractivity (Wildman–Crippen MR) is 133 cm³/mol. The molecule has 5 rings (SSSR count). The molecule has 0 bridgehead atoms. The largest absolute Gasteiger partial charge is 0.355 e. The molecular formula is C24H31N7O3S. The predicted octanol–water partition coefficient (Wildman–Crippen LogP) is 1.90. The number of aryl methyl sites for hydroxylation is 2. The number of anilines is 1. The lowest BCUT2D eigenvalue weighted by atomic mass is 9.97. The zero-order chi connectivity index (χ0) is 24.9. The number of likely N-dealkylation sites (tertiary alicyclic amines) is 1. The number of fused-ring (bicyclic) bond motifs is 1. The first-order valence-electron chi connectivity index (χ1n) is 11.9. The highest BCUT2D eigenvalue weighted by atomic mass is 32.2. The minimum atomic E-state index is -3.91. The van der Waals surface area contributed by atoms with Crippen LogP contribution in [0.25, 0.3) is 5.65 Å². The number of sulfonamides is 1. The number of hydrogen-bond acceptors (Lipinski definition) is 7. The van der Waals surface area contributed by atoms with Crippen molar-refractivity contribution in [3.05, 3.63) is 52.8 Å². The lowest BCUT2D eigenvalue weighted by Crippen LogP contribution is -2.39. The van der Waals surface area contributed by atoms with Crippen molar-refractivity contribution in [2.24, 2.45) is 10.9 Å². The van der Waals surface area contributed by atoms with Crippen LogP contribution in [0.3, 0.4) is 0 Å². The van der Waals surface area contributed by atoms with Crippen molar-refractivity contribution in [3.63, 3.8) is 0 Å². The number of amides is 1. The second-order valence-electron chi connectivity index (χ2n) is 9.65. The average Bonchev–Trinajstić information content (AvgIpc) is 3.43. The van der Waals surface area contributed by atoms with E-state index in [0.717, 1.165) is 61.5 Å². The Kier molecular flexibility index (Phi) is 6.02. The molecule has 2 aliphatic rings. The van der Waals surface area contributed by atoms with Gasteiger partial charge in [-0.25, -0.2) is 23.1 Å². The van der Waals surface area contributed by atoms with Crippen molar-refractivity contribution in [1.29, 1.82) is 0 Å². The Labute approximate surface area is 205 Å². The molecule has 0 radical (unpaired) electrons. The highest BCUT2D eigenvalue weighted by Crippen LogP contribution is 2.33. The van der Waals surface area contributed by atoms with Gasteiger partial charge in [0.25, 0.3) is 5.91 Å². The summed E-state index contributed by atoms with van der Waals surface area (Å²) in [7, 11) is -3.91. The Morgan fingerprint density at radius 3 is 2.60 bits per heavy atom. The van der Waals surface area contributed by atoms with Gasteiger partial charge in [0.2, 0.25) is 10.0 Å². The fraction of sp³-hybridized carbons (Fsp3) is 0.458. The quantitative estimate of drug-likeness (QED) is 0.561. The third-order valence-electron chi connectivity index (χ3n) is 7.02. The highest BCUT2D eigenvalue weighted by molar-refractivity contribution is 7.89. The van der Waals surface area contributed by atoms with Gasteiger partial charge in [-0.3, -0.25) is 4.79 Å². The zero-order valence-electron chi connectivity index (χ0n) is 20.0. The van der Waals surface area contributed by atoms with Crippen molar-refractivity contribution >= 4 is 27.4 Å². The third kappa shape index (κ3) is 4.51. The number of carbonyl (C=O) groups is 1. The SMILES string of the molecule is Cc1ccc(S(N)(=O)=O)cc1C(=O)N1CCCC[C@H]1c1cc2nc(N3CC[C@H](N)C3)c(C)cn2n1. The Morgan fingerprint density at radius 2 is 1.89 bits per heavy atom. The molecule has 186 valence electrons. The number of aromatic nitrogens is 3. The fourth-order valence-corrected chi connectivity index (χ4v) is 5.67. The molecular weight excluding hydrogens is 466 g/mol. The molecule has 3 aromatic rings. The molecule has 0 unspecified atom stereocenters. The molecule has 4 heterocycles. The van der Waals surface area contributed by atoms with Crippen LogP contribution in [-0.2, 0) is 10.0 Å². The van der Waals surface area contributed by atoms with Gasteiger partial charge >= 0.3 is 0 Å². The minimum Gasteiger partial charge on any atom is -0.355 e. The van der Waals surface area contributed by atoms with E-state index in [2.05, 4.69) is 4.90 Å². The average molecular weight is 498 g/mol. The second-order valence-corrected chi connectivity index (χ2v) is 11.2. The lowest BCUT2D eigenvalue weighted by molar-refractivity contribution is 0.0604. The Balaban J connectivity index is 1.49. The summed E-state index contributed by atoms with van der Waals surface area (Å²) < 4.78 is 25.5. The normalized spacial score (nSPS) is 21.1. The monoisotopic (exact) mass is 497 g/mol. The van der Waals surface area contributed by atoms with E-state index in [-0.39, 0.29) is 22.9 Å². The molecule has 0 spiro atoms. The van der Waals surface area contributed by atoms with Crippen molar-refractivity contribution in [1.82, 2.24) is 19.5 Å². The van der Waals surface area contributed by atoms with Crippen molar-refractivity contribution in [2.75, 3.05) is 24.5 Å². The topological polar surface area (TPSA) is 140 Å². The molecule has 2 fully saturated rings. The van der Waals surface area contributed by atoms with Gasteiger partial charge in [-0.05, 0) is 57.2 Å². The Hall–Kier alpha value is -3.02. The Morgan fingerprint density at radius 1 is 1.09 bits per heavy atom.